The largest absolute Gasteiger partial charge is 0.479 e. The number of aliphatic imine (C=N–C) groups is 1. The van der Waals surface area contributed by atoms with Gasteiger partial charge < -0.3 is 14.4 Å². The number of hydrogen-bond acceptors (Lipinski definition) is 4. The zero-order chi connectivity index (χ0) is 23.4. The van der Waals surface area contributed by atoms with Crippen LogP contribution in [0.25, 0.3) is 0 Å². The normalized spacial score (nSPS) is 18.7. The first-order chi connectivity index (χ1) is 15.0. The van der Waals surface area contributed by atoms with Crippen LogP contribution in [0, 0.1) is 0 Å². The van der Waals surface area contributed by atoms with Gasteiger partial charge in [-0.25, -0.2) is 4.79 Å². The minimum atomic E-state index is -1.23. The third kappa shape index (κ3) is 5.48. The highest BCUT2D eigenvalue weighted by atomic mass is 16.7. The summed E-state index contributed by atoms with van der Waals surface area (Å²) in [7, 11) is -0.260. The molecule has 0 aromatic heterocycles. The minimum absolute atomic E-state index is 0.260. The molecule has 1 aliphatic rings. The van der Waals surface area contributed by atoms with Crippen LogP contribution in [0.4, 0.5) is 0 Å². The minimum Gasteiger partial charge on any atom is -0.479 e. The summed E-state index contributed by atoms with van der Waals surface area (Å²) in [6, 6.07) is 19.5. The van der Waals surface area contributed by atoms with E-state index in [0.717, 1.165) is 23.9 Å². The van der Waals surface area contributed by atoms with Crippen molar-refractivity contribution in [2.75, 3.05) is 0 Å². The molecule has 1 aliphatic heterocycles. The lowest BCUT2D eigenvalue weighted by atomic mass is 9.81. The van der Waals surface area contributed by atoms with Crippen molar-refractivity contribution in [3.05, 3.63) is 71.8 Å². The Bertz CT molecular complexity index is 885. The van der Waals surface area contributed by atoms with Gasteiger partial charge in [-0.05, 0) is 47.4 Å². The van der Waals surface area contributed by atoms with Crippen molar-refractivity contribution in [2.45, 2.75) is 76.9 Å². The lowest BCUT2D eigenvalue weighted by Crippen LogP contribution is -2.41. The molecule has 0 amide bonds. The Morgan fingerprint density at radius 2 is 1.38 bits per heavy atom. The number of hydrogen-bond donors (Lipinski definition) is 1. The summed E-state index contributed by atoms with van der Waals surface area (Å²) in [4.78, 5) is 17.1. The van der Waals surface area contributed by atoms with E-state index in [2.05, 4.69) is 0 Å². The first-order valence-corrected chi connectivity index (χ1v) is 11.3. The maximum Gasteiger partial charge on any atom is 0.457 e. The Morgan fingerprint density at radius 1 is 0.906 bits per heavy atom. The smallest absolute Gasteiger partial charge is 0.457 e. The average molecular weight is 435 g/mol. The Morgan fingerprint density at radius 3 is 1.81 bits per heavy atom. The number of carboxylic acid groups (broad SMARTS) is 1. The van der Waals surface area contributed by atoms with Crippen molar-refractivity contribution >= 4 is 18.8 Å². The van der Waals surface area contributed by atoms with Gasteiger partial charge in [0.05, 0.1) is 16.9 Å². The zero-order valence-electron chi connectivity index (χ0n) is 19.8. The number of rotatable bonds is 9. The maximum atomic E-state index is 12.3. The predicted molar refractivity (Wildman–Crippen MR) is 129 cm³/mol. The second-order valence-electron chi connectivity index (χ2n) is 9.70. The molecule has 32 heavy (non-hydrogen) atoms. The Kier molecular flexibility index (Phi) is 7.26. The molecule has 2 aromatic carbocycles. The molecular weight excluding hydrogens is 401 g/mol. The van der Waals surface area contributed by atoms with Crippen molar-refractivity contribution < 1.29 is 19.2 Å². The monoisotopic (exact) mass is 435 g/mol. The fraction of sp³-hybridized carbons (Fsp3) is 0.462. The Balaban J connectivity index is 1.74. The molecule has 1 fully saturated rings. The van der Waals surface area contributed by atoms with E-state index < -0.39 is 11.5 Å². The molecule has 170 valence electrons. The molecule has 1 saturated heterocycles. The van der Waals surface area contributed by atoms with Gasteiger partial charge in [0, 0.05) is 11.1 Å². The van der Waals surface area contributed by atoms with Crippen molar-refractivity contribution in [3.8, 4) is 0 Å². The van der Waals surface area contributed by atoms with Crippen LogP contribution in [0.5, 0.6) is 0 Å². The highest BCUT2D eigenvalue weighted by Crippen LogP contribution is 2.38. The second kappa shape index (κ2) is 9.59. The van der Waals surface area contributed by atoms with Gasteiger partial charge >= 0.3 is 13.1 Å². The van der Waals surface area contributed by atoms with E-state index >= 15 is 0 Å². The molecule has 0 spiro atoms. The first-order valence-electron chi connectivity index (χ1n) is 11.3. The summed E-state index contributed by atoms with van der Waals surface area (Å²) >= 11 is 0. The standard InChI is InChI=1S/C26H34BNO4/c1-24(2)25(3,4)32-27(31-24)19-13-12-18-26(5,23(29)30)28-22(20-14-8-6-9-15-20)21-16-10-7-11-17-21/h6-11,14-17H,12-13,18-19H2,1-5H3,(H,29,30). The van der Waals surface area contributed by atoms with E-state index in [1.54, 1.807) is 6.92 Å². The number of aliphatic carboxylic acids is 1. The summed E-state index contributed by atoms with van der Waals surface area (Å²) in [5.41, 5.74) is 0.584. The molecule has 1 unspecified atom stereocenters. The topological polar surface area (TPSA) is 68.1 Å². The molecule has 0 saturated carbocycles. The summed E-state index contributed by atoms with van der Waals surface area (Å²) in [5, 5.41) is 10.1. The highest BCUT2D eigenvalue weighted by molar-refractivity contribution is 6.45. The molecule has 5 nitrogen and oxygen atoms in total. The molecule has 1 atom stereocenters. The summed E-state index contributed by atoms with van der Waals surface area (Å²) in [6.07, 6.45) is 2.69. The quantitative estimate of drug-likeness (QED) is 0.315. The van der Waals surface area contributed by atoms with Crippen LogP contribution in [0.1, 0.15) is 65.0 Å². The maximum absolute atomic E-state index is 12.3. The summed E-state index contributed by atoms with van der Waals surface area (Å²) in [5.74, 6) is -0.919. The van der Waals surface area contributed by atoms with E-state index in [-0.39, 0.29) is 18.3 Å². The number of benzene rings is 2. The Hall–Kier alpha value is -2.44. The van der Waals surface area contributed by atoms with Crippen molar-refractivity contribution in [2.24, 2.45) is 4.99 Å². The molecule has 1 N–H and O–H groups in total. The summed E-state index contributed by atoms with van der Waals surface area (Å²) < 4.78 is 12.1. The fourth-order valence-corrected chi connectivity index (χ4v) is 3.81. The molecule has 0 bridgehead atoms. The van der Waals surface area contributed by atoms with Gasteiger partial charge in [0.1, 0.15) is 0 Å². The van der Waals surface area contributed by atoms with E-state index in [1.165, 1.54) is 0 Å². The lowest BCUT2D eigenvalue weighted by Gasteiger charge is -2.32. The SMILES string of the molecule is CC(CCCCB1OC(C)(C)C(C)(C)O1)(N=C(c1ccccc1)c1ccccc1)C(=O)O. The van der Waals surface area contributed by atoms with Gasteiger partial charge in [0.15, 0.2) is 5.54 Å². The third-order valence-corrected chi connectivity index (χ3v) is 6.57. The van der Waals surface area contributed by atoms with Crippen LogP contribution >= 0.6 is 0 Å². The zero-order valence-corrected chi connectivity index (χ0v) is 19.8. The van der Waals surface area contributed by atoms with Gasteiger partial charge in [0.2, 0.25) is 0 Å². The predicted octanol–water partition coefficient (Wildman–Crippen LogP) is 5.63. The average Bonchev–Trinajstić information content (AvgIpc) is 2.97. The molecular formula is C26H34BNO4. The lowest BCUT2D eigenvalue weighted by molar-refractivity contribution is -0.142. The van der Waals surface area contributed by atoms with Crippen LogP contribution in [-0.4, -0.2) is 40.6 Å². The molecule has 0 radical (unpaired) electrons. The van der Waals surface area contributed by atoms with Gasteiger partial charge in [-0.2, -0.15) is 0 Å². The first kappa shape index (κ1) is 24.2. The molecule has 2 aromatic rings. The van der Waals surface area contributed by atoms with Gasteiger partial charge in [-0.1, -0.05) is 73.5 Å². The van der Waals surface area contributed by atoms with E-state index in [0.29, 0.717) is 18.6 Å². The van der Waals surface area contributed by atoms with Crippen LogP contribution in [0.15, 0.2) is 65.7 Å². The van der Waals surface area contributed by atoms with Gasteiger partial charge in [-0.15, -0.1) is 0 Å². The van der Waals surface area contributed by atoms with E-state index in [9.17, 15) is 9.90 Å². The van der Waals surface area contributed by atoms with Crippen molar-refractivity contribution in [1.29, 1.82) is 0 Å². The molecule has 3 rings (SSSR count). The summed E-state index contributed by atoms with van der Waals surface area (Å²) in [6.45, 7) is 9.86. The number of carbonyl (C=O) groups is 1. The van der Waals surface area contributed by atoms with Crippen LogP contribution < -0.4 is 0 Å². The van der Waals surface area contributed by atoms with Gasteiger partial charge in [0.25, 0.3) is 0 Å². The number of carboxylic acids is 1. The van der Waals surface area contributed by atoms with Crippen molar-refractivity contribution in [1.82, 2.24) is 0 Å². The van der Waals surface area contributed by atoms with Gasteiger partial charge in [-0.3, -0.25) is 4.99 Å². The third-order valence-electron chi connectivity index (χ3n) is 6.57. The van der Waals surface area contributed by atoms with E-state index in [1.807, 2.05) is 88.4 Å². The molecule has 6 heteroatoms. The highest BCUT2D eigenvalue weighted by Gasteiger charge is 2.50. The number of nitrogens with zero attached hydrogens (tertiary/aromatic N) is 1. The second-order valence-corrected chi connectivity index (χ2v) is 9.70. The van der Waals surface area contributed by atoms with E-state index in [4.69, 9.17) is 14.3 Å². The van der Waals surface area contributed by atoms with Crippen LogP contribution in [0.3, 0.4) is 0 Å². The molecule has 0 aliphatic carbocycles. The molecule has 1 heterocycles. The van der Waals surface area contributed by atoms with Crippen LogP contribution in [-0.2, 0) is 14.1 Å². The fourth-order valence-electron chi connectivity index (χ4n) is 3.81. The van der Waals surface area contributed by atoms with Crippen LogP contribution in [0.2, 0.25) is 6.32 Å². The van der Waals surface area contributed by atoms with Crippen molar-refractivity contribution in [3.63, 3.8) is 0 Å². The number of unbranched alkanes of at least 4 members (excludes halogenated alkanes) is 1. The Labute approximate surface area is 192 Å².